The Morgan fingerprint density at radius 2 is 0.671 bits per heavy atom. The van der Waals surface area contributed by atoms with Crippen molar-refractivity contribution < 1.29 is 42.9 Å². The molecule has 0 spiro atoms. The van der Waals surface area contributed by atoms with Crippen LogP contribution in [0.15, 0.2) is 109 Å². The zero-order chi connectivity index (χ0) is 61.9. The number of hydrogen-bond acceptors (Lipinski definition) is 8. The summed E-state index contributed by atoms with van der Waals surface area (Å²) in [6.07, 6.45) is 88.7. The number of rotatable bonds is 64. The third-order valence-electron chi connectivity index (χ3n) is 15.0. The lowest BCUT2D eigenvalue weighted by Crippen LogP contribution is -2.44. The summed E-state index contributed by atoms with van der Waals surface area (Å²) < 4.78 is 22.8. The fourth-order valence-corrected chi connectivity index (χ4v) is 9.67. The second kappa shape index (κ2) is 65.9. The van der Waals surface area contributed by atoms with Gasteiger partial charge in [0.05, 0.1) is 40.3 Å². The van der Waals surface area contributed by atoms with Gasteiger partial charge in [0.2, 0.25) is 0 Å². The van der Waals surface area contributed by atoms with E-state index in [2.05, 4.69) is 123 Å². The molecule has 9 nitrogen and oxygen atoms in total. The van der Waals surface area contributed by atoms with E-state index < -0.39 is 24.3 Å². The first-order valence-electron chi connectivity index (χ1n) is 35.0. The van der Waals surface area contributed by atoms with Crippen molar-refractivity contribution in [3.8, 4) is 0 Å². The normalized spacial score (nSPS) is 13.4. The molecule has 0 saturated heterocycles. The van der Waals surface area contributed by atoms with E-state index in [4.69, 9.17) is 18.9 Å². The fraction of sp³-hybridized carbons (Fsp3) is 0.724. The van der Waals surface area contributed by atoms with Gasteiger partial charge in [0.1, 0.15) is 13.2 Å². The van der Waals surface area contributed by atoms with E-state index in [1.54, 1.807) is 0 Å². The van der Waals surface area contributed by atoms with Gasteiger partial charge < -0.3 is 33.3 Å². The van der Waals surface area contributed by atoms with E-state index in [0.29, 0.717) is 17.4 Å². The number of ether oxygens (including phenoxy) is 4. The van der Waals surface area contributed by atoms with Gasteiger partial charge in [0, 0.05) is 12.8 Å². The van der Waals surface area contributed by atoms with Crippen molar-refractivity contribution in [1.29, 1.82) is 0 Å². The number of carbonyl (C=O) groups is 3. The number of likely N-dealkylation sites (N-methyl/N-ethyl adjacent to an activating group) is 1. The average molecular weight is 1190 g/mol. The van der Waals surface area contributed by atoms with Gasteiger partial charge in [-0.2, -0.15) is 0 Å². The molecule has 0 rings (SSSR count). The fourth-order valence-electron chi connectivity index (χ4n) is 9.67. The molecule has 0 N–H and O–H groups in total. The third-order valence-corrected chi connectivity index (χ3v) is 15.0. The Labute approximate surface area is 524 Å². The Kier molecular flexibility index (Phi) is 62.8. The summed E-state index contributed by atoms with van der Waals surface area (Å²) in [4.78, 5) is 37.5. The van der Waals surface area contributed by atoms with Gasteiger partial charge >= 0.3 is 11.9 Å². The summed E-state index contributed by atoms with van der Waals surface area (Å²) in [5.41, 5.74) is 0. The number of quaternary nitrogens is 1. The van der Waals surface area contributed by atoms with Gasteiger partial charge in [-0.05, 0) is 103 Å². The van der Waals surface area contributed by atoms with Crippen LogP contribution in [0.2, 0.25) is 0 Å². The Balaban J connectivity index is 4.13. The molecule has 0 radical (unpaired) electrons. The molecule has 0 aromatic heterocycles. The van der Waals surface area contributed by atoms with Crippen LogP contribution in [-0.2, 0) is 33.3 Å². The minimum atomic E-state index is -1.63. The number of allylic oxidation sites excluding steroid dienone is 18. The standard InChI is InChI=1S/C76H131NO8/c1-6-8-10-12-14-16-18-20-22-24-26-28-30-32-33-34-35-36-37-38-39-40-41-43-45-47-49-51-53-55-57-59-61-63-65-67-74(79)85-72(71-84-76(75(80)81)82-69-68-77(3,4)5)70-83-73(78)66-64-62-60-58-56-54-52-50-48-46-44-42-31-29-27-25-23-21-19-17-15-13-11-9-7-2/h8,10,14,16,19-22,25-28,32-33,35-36,38-39,72,76H,6-7,9,11-13,15,17-18,23-24,29-31,34,37,40-71H2,1-5H3/b10-8-,16-14-,21-19-,22-20-,27-25-,28-26-,33-32-,36-35-,39-38-. The van der Waals surface area contributed by atoms with Crippen LogP contribution in [0.4, 0.5) is 0 Å². The van der Waals surface area contributed by atoms with Crippen molar-refractivity contribution >= 4 is 17.9 Å². The van der Waals surface area contributed by atoms with E-state index in [-0.39, 0.29) is 38.6 Å². The maximum atomic E-state index is 12.9. The Morgan fingerprint density at radius 3 is 1.00 bits per heavy atom. The third kappa shape index (κ3) is 67.3. The molecule has 85 heavy (non-hydrogen) atoms. The maximum Gasteiger partial charge on any atom is 0.306 e. The molecule has 9 heteroatoms. The Morgan fingerprint density at radius 1 is 0.365 bits per heavy atom. The van der Waals surface area contributed by atoms with Crippen LogP contribution < -0.4 is 5.11 Å². The molecule has 0 heterocycles. The monoisotopic (exact) mass is 1190 g/mol. The molecule has 0 amide bonds. The van der Waals surface area contributed by atoms with Crippen molar-refractivity contribution in [1.82, 2.24) is 0 Å². The predicted octanol–water partition coefficient (Wildman–Crippen LogP) is 20.5. The Bertz CT molecular complexity index is 1760. The van der Waals surface area contributed by atoms with E-state index in [1.165, 1.54) is 173 Å². The summed E-state index contributed by atoms with van der Waals surface area (Å²) in [5, 5.41) is 11.8. The second-order valence-corrected chi connectivity index (χ2v) is 24.4. The molecule has 0 aromatic carbocycles. The number of carbonyl (C=O) groups excluding carboxylic acids is 3. The topological polar surface area (TPSA) is 111 Å². The van der Waals surface area contributed by atoms with Crippen LogP contribution in [0.1, 0.15) is 296 Å². The van der Waals surface area contributed by atoms with Crippen LogP contribution in [0.25, 0.3) is 0 Å². The number of esters is 2. The molecule has 0 aliphatic carbocycles. The van der Waals surface area contributed by atoms with Crippen LogP contribution in [-0.4, -0.2) is 82.3 Å². The number of unbranched alkanes of at least 4 members (excludes halogenated alkanes) is 31. The van der Waals surface area contributed by atoms with Gasteiger partial charge in [-0.3, -0.25) is 9.59 Å². The minimum Gasteiger partial charge on any atom is -0.545 e. The summed E-state index contributed by atoms with van der Waals surface area (Å²) in [6.45, 7) is 4.64. The van der Waals surface area contributed by atoms with Gasteiger partial charge in [0.25, 0.3) is 0 Å². The summed E-state index contributed by atoms with van der Waals surface area (Å²) >= 11 is 0. The first-order chi connectivity index (χ1) is 41.6. The number of nitrogens with zero attached hydrogens (tertiary/aromatic N) is 1. The average Bonchev–Trinajstić information content (AvgIpc) is 3.48. The molecule has 0 fully saturated rings. The van der Waals surface area contributed by atoms with Crippen LogP contribution in [0, 0.1) is 0 Å². The lowest BCUT2D eigenvalue weighted by Gasteiger charge is -2.26. The molecular weight excluding hydrogens is 1050 g/mol. The summed E-state index contributed by atoms with van der Waals surface area (Å²) in [6, 6.07) is 0. The van der Waals surface area contributed by atoms with Crippen molar-refractivity contribution in [3.05, 3.63) is 109 Å². The number of carboxylic acids is 1. The molecule has 2 unspecified atom stereocenters. The number of aliphatic carboxylic acids is 1. The van der Waals surface area contributed by atoms with Crippen molar-refractivity contribution in [2.45, 2.75) is 309 Å². The van der Waals surface area contributed by atoms with Crippen LogP contribution in [0.3, 0.4) is 0 Å². The first kappa shape index (κ1) is 81.0. The minimum absolute atomic E-state index is 0.144. The molecule has 0 saturated carbocycles. The summed E-state index contributed by atoms with van der Waals surface area (Å²) in [5.74, 6) is -2.28. The highest BCUT2D eigenvalue weighted by atomic mass is 16.7. The molecule has 2 atom stereocenters. The van der Waals surface area contributed by atoms with Gasteiger partial charge in [-0.1, -0.05) is 290 Å². The highest BCUT2D eigenvalue weighted by molar-refractivity contribution is 5.70. The zero-order valence-electron chi connectivity index (χ0n) is 55.7. The van der Waals surface area contributed by atoms with Crippen molar-refractivity contribution in [2.75, 3.05) is 47.5 Å². The quantitative estimate of drug-likeness (QED) is 0.0195. The SMILES string of the molecule is CC/C=C\C/C=C\C/C=C\C/C=C\C/C=C\C/C=C\C/C=C\CCCCCCCCCCCCCCCC(=O)OC(COC(=O)CCCCCCCCCCCCCCC/C=C\C/C=C\CCCCCCC)COC(OCC[N+](C)(C)C)C(=O)[O-]. The molecular formula is C76H131NO8. The molecule has 488 valence electrons. The number of carboxylic acid groups (broad SMARTS) is 1. The largest absolute Gasteiger partial charge is 0.545 e. The van der Waals surface area contributed by atoms with Crippen molar-refractivity contribution in [2.24, 2.45) is 0 Å². The zero-order valence-corrected chi connectivity index (χ0v) is 55.7. The smallest absolute Gasteiger partial charge is 0.306 e. The number of hydrogen-bond donors (Lipinski definition) is 0. The Hall–Kier alpha value is -4.05. The van der Waals surface area contributed by atoms with Crippen LogP contribution >= 0.6 is 0 Å². The highest BCUT2D eigenvalue weighted by Gasteiger charge is 2.22. The van der Waals surface area contributed by atoms with Crippen molar-refractivity contribution in [3.63, 3.8) is 0 Å². The second-order valence-electron chi connectivity index (χ2n) is 24.4. The van der Waals surface area contributed by atoms with E-state index in [9.17, 15) is 19.5 Å². The summed E-state index contributed by atoms with van der Waals surface area (Å²) in [7, 11) is 5.93. The predicted molar refractivity (Wildman–Crippen MR) is 361 cm³/mol. The van der Waals surface area contributed by atoms with E-state index >= 15 is 0 Å². The maximum absolute atomic E-state index is 12.9. The van der Waals surface area contributed by atoms with E-state index in [0.717, 1.165) is 89.9 Å². The van der Waals surface area contributed by atoms with Gasteiger partial charge in [-0.25, -0.2) is 0 Å². The molecule has 0 aliphatic rings. The van der Waals surface area contributed by atoms with Gasteiger partial charge in [-0.15, -0.1) is 0 Å². The van der Waals surface area contributed by atoms with Crippen LogP contribution in [0.5, 0.6) is 0 Å². The highest BCUT2D eigenvalue weighted by Crippen LogP contribution is 2.17. The van der Waals surface area contributed by atoms with E-state index in [1.807, 2.05) is 21.1 Å². The lowest BCUT2D eigenvalue weighted by atomic mass is 10.0. The molecule has 0 aromatic rings. The van der Waals surface area contributed by atoms with Gasteiger partial charge in [0.15, 0.2) is 12.4 Å². The lowest BCUT2D eigenvalue weighted by molar-refractivity contribution is -0.870. The molecule has 0 aliphatic heterocycles. The molecule has 0 bridgehead atoms. The first-order valence-corrected chi connectivity index (χ1v) is 35.0.